The molecule has 0 saturated carbocycles. The summed E-state index contributed by atoms with van der Waals surface area (Å²) in [4.78, 5) is 13.8. The summed E-state index contributed by atoms with van der Waals surface area (Å²) in [5, 5.41) is 10.4. The number of likely N-dealkylation sites (tertiary alicyclic amines) is 2. The molecular weight excluding hydrogens is 465 g/mol. The molecule has 3 heterocycles. The summed E-state index contributed by atoms with van der Waals surface area (Å²) in [5.74, 6) is 2.56. The molecule has 28 heavy (non-hydrogen) atoms. The van der Waals surface area contributed by atoms with Gasteiger partial charge in [-0.15, -0.1) is 24.0 Å². The molecule has 2 saturated heterocycles. The number of aliphatic imine (C=N–C) groups is 1. The lowest BCUT2D eigenvalue weighted by atomic mass is 10.1. The Kier molecular flexibility index (Phi) is 7.66. The van der Waals surface area contributed by atoms with Gasteiger partial charge >= 0.3 is 0 Å². The van der Waals surface area contributed by atoms with Gasteiger partial charge in [-0.1, -0.05) is 18.2 Å². The number of halogens is 1. The summed E-state index contributed by atoms with van der Waals surface area (Å²) in [6.45, 7) is 6.76. The Bertz CT molecular complexity index is 756. The maximum absolute atomic E-state index is 4.51. The van der Waals surface area contributed by atoms with Crippen molar-refractivity contribution in [2.45, 2.75) is 25.8 Å². The Hall–Kier alpha value is -1.68. The molecule has 4 rings (SSSR count). The Morgan fingerprint density at radius 1 is 1.29 bits per heavy atom. The molecule has 7 nitrogen and oxygen atoms in total. The first kappa shape index (κ1) is 21.0. The topological polar surface area (TPSA) is 72.4 Å². The molecule has 0 bridgehead atoms. The van der Waals surface area contributed by atoms with E-state index in [2.05, 4.69) is 53.5 Å². The normalized spacial score (nSPS) is 20.4. The van der Waals surface area contributed by atoms with Crippen molar-refractivity contribution in [1.29, 1.82) is 0 Å². The molecule has 8 heteroatoms. The molecule has 2 aliphatic rings. The van der Waals surface area contributed by atoms with E-state index in [4.69, 9.17) is 0 Å². The van der Waals surface area contributed by atoms with Gasteiger partial charge in [0.1, 0.15) is 6.33 Å². The summed E-state index contributed by atoms with van der Waals surface area (Å²) in [6, 6.07) is 8.36. The van der Waals surface area contributed by atoms with Crippen molar-refractivity contribution in [3.8, 4) is 11.4 Å². The van der Waals surface area contributed by atoms with E-state index in [1.807, 2.05) is 13.1 Å². The summed E-state index contributed by atoms with van der Waals surface area (Å²) in [5.41, 5.74) is 2.26. The van der Waals surface area contributed by atoms with Gasteiger partial charge in [0.25, 0.3) is 0 Å². The minimum absolute atomic E-state index is 0. The number of H-pyrrole nitrogens is 1. The molecule has 2 N–H and O–H groups in total. The average Bonchev–Trinajstić information content (AvgIpc) is 3.46. The van der Waals surface area contributed by atoms with E-state index in [9.17, 15) is 0 Å². The molecule has 152 valence electrons. The molecule has 2 fully saturated rings. The molecule has 0 radical (unpaired) electrons. The predicted octanol–water partition coefficient (Wildman–Crippen LogP) is 2.58. The molecule has 1 unspecified atom stereocenters. The minimum Gasteiger partial charge on any atom is -0.352 e. The van der Waals surface area contributed by atoms with E-state index in [0.29, 0.717) is 0 Å². The van der Waals surface area contributed by atoms with E-state index in [-0.39, 0.29) is 24.0 Å². The standard InChI is InChI=1S/C20H29N7.HI/c1-21-20(27-10-7-17(14-27)13-26-8-2-3-9-26)22-12-16-5-4-6-18(11-16)19-23-15-24-25-19;/h4-6,11,15,17H,2-3,7-10,12-14H2,1H3,(H,21,22)(H,23,24,25);1H. The number of hydrogen-bond donors (Lipinski definition) is 2. The number of rotatable bonds is 5. The van der Waals surface area contributed by atoms with Gasteiger partial charge in [-0.05, 0) is 49.9 Å². The molecule has 0 amide bonds. The monoisotopic (exact) mass is 495 g/mol. The lowest BCUT2D eigenvalue weighted by molar-refractivity contribution is 0.281. The molecule has 0 aliphatic carbocycles. The van der Waals surface area contributed by atoms with Crippen molar-refractivity contribution >= 4 is 29.9 Å². The average molecular weight is 495 g/mol. The van der Waals surface area contributed by atoms with Crippen LogP contribution in [0.5, 0.6) is 0 Å². The second-order valence-corrected chi connectivity index (χ2v) is 7.54. The molecule has 2 aliphatic heterocycles. The van der Waals surface area contributed by atoms with Crippen LogP contribution in [0.4, 0.5) is 0 Å². The van der Waals surface area contributed by atoms with Crippen LogP contribution in [-0.2, 0) is 6.54 Å². The Morgan fingerprint density at radius 3 is 2.89 bits per heavy atom. The predicted molar refractivity (Wildman–Crippen MR) is 123 cm³/mol. The van der Waals surface area contributed by atoms with Crippen molar-refractivity contribution in [2.24, 2.45) is 10.9 Å². The fourth-order valence-corrected chi connectivity index (χ4v) is 4.19. The SMILES string of the molecule is CN=C(NCc1cccc(-c2ncn[nH]2)c1)N1CCC(CN2CCCC2)C1.I. The van der Waals surface area contributed by atoms with Gasteiger partial charge in [0.05, 0.1) is 0 Å². The minimum atomic E-state index is 0. The Labute approximate surface area is 184 Å². The zero-order valence-electron chi connectivity index (χ0n) is 16.5. The molecule has 2 aromatic rings. The van der Waals surface area contributed by atoms with Gasteiger partial charge in [-0.3, -0.25) is 10.1 Å². The number of hydrogen-bond acceptors (Lipinski definition) is 4. The first-order valence-electron chi connectivity index (χ1n) is 9.94. The Balaban J connectivity index is 0.00000225. The summed E-state index contributed by atoms with van der Waals surface area (Å²) < 4.78 is 0. The van der Waals surface area contributed by atoms with Crippen LogP contribution in [0, 0.1) is 5.92 Å². The van der Waals surface area contributed by atoms with Crippen LogP contribution in [0.1, 0.15) is 24.8 Å². The quantitative estimate of drug-likeness (QED) is 0.379. The van der Waals surface area contributed by atoms with Crippen LogP contribution in [0.15, 0.2) is 35.6 Å². The highest BCUT2D eigenvalue weighted by molar-refractivity contribution is 14.0. The Morgan fingerprint density at radius 2 is 2.14 bits per heavy atom. The van der Waals surface area contributed by atoms with E-state index in [0.717, 1.165) is 42.9 Å². The summed E-state index contributed by atoms with van der Waals surface area (Å²) in [6.07, 6.45) is 5.53. The highest BCUT2D eigenvalue weighted by atomic mass is 127. The fourth-order valence-electron chi connectivity index (χ4n) is 4.19. The van der Waals surface area contributed by atoms with Gasteiger partial charge in [0, 0.05) is 38.8 Å². The van der Waals surface area contributed by atoms with Crippen molar-refractivity contribution < 1.29 is 0 Å². The molecular formula is C20H30IN7. The lowest BCUT2D eigenvalue weighted by Gasteiger charge is -2.23. The summed E-state index contributed by atoms with van der Waals surface area (Å²) in [7, 11) is 1.88. The van der Waals surface area contributed by atoms with Crippen LogP contribution in [0.3, 0.4) is 0 Å². The van der Waals surface area contributed by atoms with Gasteiger partial charge in [0.2, 0.25) is 0 Å². The first-order chi connectivity index (χ1) is 13.3. The second-order valence-electron chi connectivity index (χ2n) is 7.54. The zero-order chi connectivity index (χ0) is 18.5. The number of benzene rings is 1. The van der Waals surface area contributed by atoms with Crippen LogP contribution in [0.25, 0.3) is 11.4 Å². The third-order valence-corrected chi connectivity index (χ3v) is 5.58. The largest absolute Gasteiger partial charge is 0.352 e. The number of aromatic amines is 1. The number of guanidine groups is 1. The number of aromatic nitrogens is 3. The maximum Gasteiger partial charge on any atom is 0.193 e. The van der Waals surface area contributed by atoms with Crippen LogP contribution >= 0.6 is 24.0 Å². The zero-order valence-corrected chi connectivity index (χ0v) is 18.8. The van der Waals surface area contributed by atoms with Gasteiger partial charge in [-0.2, -0.15) is 5.10 Å². The van der Waals surface area contributed by atoms with Crippen molar-refractivity contribution in [3.63, 3.8) is 0 Å². The molecule has 1 aromatic heterocycles. The van der Waals surface area contributed by atoms with Crippen LogP contribution < -0.4 is 5.32 Å². The van der Waals surface area contributed by atoms with Crippen LogP contribution in [0.2, 0.25) is 0 Å². The summed E-state index contributed by atoms with van der Waals surface area (Å²) >= 11 is 0. The van der Waals surface area contributed by atoms with Crippen molar-refractivity contribution in [2.75, 3.05) is 39.8 Å². The maximum atomic E-state index is 4.51. The van der Waals surface area contributed by atoms with Gasteiger partial charge in [-0.25, -0.2) is 4.98 Å². The van der Waals surface area contributed by atoms with E-state index < -0.39 is 0 Å². The van der Waals surface area contributed by atoms with Crippen LogP contribution in [-0.4, -0.2) is 70.7 Å². The fraction of sp³-hybridized carbons (Fsp3) is 0.550. The lowest BCUT2D eigenvalue weighted by Crippen LogP contribution is -2.40. The second kappa shape index (κ2) is 10.2. The van der Waals surface area contributed by atoms with E-state index in [1.54, 1.807) is 0 Å². The highest BCUT2D eigenvalue weighted by Crippen LogP contribution is 2.20. The number of nitrogens with one attached hydrogen (secondary N) is 2. The third kappa shape index (κ3) is 5.22. The van der Waals surface area contributed by atoms with E-state index in [1.165, 1.54) is 50.8 Å². The van der Waals surface area contributed by atoms with E-state index >= 15 is 0 Å². The van der Waals surface area contributed by atoms with Crippen molar-refractivity contribution in [3.05, 3.63) is 36.2 Å². The van der Waals surface area contributed by atoms with Gasteiger partial charge in [0.15, 0.2) is 11.8 Å². The smallest absolute Gasteiger partial charge is 0.193 e. The molecule has 1 aromatic carbocycles. The molecule has 0 spiro atoms. The van der Waals surface area contributed by atoms with Crippen molar-refractivity contribution in [1.82, 2.24) is 30.3 Å². The highest BCUT2D eigenvalue weighted by Gasteiger charge is 2.27. The third-order valence-electron chi connectivity index (χ3n) is 5.58. The van der Waals surface area contributed by atoms with Gasteiger partial charge < -0.3 is 15.1 Å². The molecule has 1 atom stereocenters. The number of nitrogens with zero attached hydrogens (tertiary/aromatic N) is 5. The first-order valence-corrected chi connectivity index (χ1v) is 9.94.